The zero-order valence-corrected chi connectivity index (χ0v) is 19.5. The van der Waals surface area contributed by atoms with E-state index in [2.05, 4.69) is 20.2 Å². The second kappa shape index (κ2) is 8.79. The summed E-state index contributed by atoms with van der Waals surface area (Å²) >= 11 is 0. The van der Waals surface area contributed by atoms with Gasteiger partial charge in [-0.15, -0.1) is 0 Å². The highest BCUT2D eigenvalue weighted by Gasteiger charge is 2.46. The normalized spacial score (nSPS) is 21.4. The summed E-state index contributed by atoms with van der Waals surface area (Å²) in [6, 6.07) is 10.1. The molecule has 0 bridgehead atoms. The van der Waals surface area contributed by atoms with E-state index in [1.807, 2.05) is 6.07 Å². The van der Waals surface area contributed by atoms with Crippen LogP contribution in [0, 0.1) is 0 Å². The van der Waals surface area contributed by atoms with Crippen molar-refractivity contribution in [3.8, 4) is 11.6 Å². The van der Waals surface area contributed by atoms with Crippen molar-refractivity contribution >= 4 is 34.7 Å². The number of anilines is 2. The minimum absolute atomic E-state index is 0.0607. The Morgan fingerprint density at radius 1 is 1.08 bits per heavy atom. The van der Waals surface area contributed by atoms with Crippen molar-refractivity contribution in [3.05, 3.63) is 46.8 Å². The fraction of sp³-hybridized carbons (Fsp3) is 0.375. The zero-order valence-electron chi connectivity index (χ0n) is 19.5. The summed E-state index contributed by atoms with van der Waals surface area (Å²) in [6.45, 7) is 2.23. The van der Waals surface area contributed by atoms with Crippen LogP contribution in [-0.4, -0.2) is 76.9 Å². The van der Waals surface area contributed by atoms with Gasteiger partial charge in [0.05, 0.1) is 13.2 Å². The Morgan fingerprint density at radius 3 is 2.81 bits per heavy atom. The molecule has 186 valence electrons. The summed E-state index contributed by atoms with van der Waals surface area (Å²) in [5.41, 5.74) is 0.441. The van der Waals surface area contributed by atoms with Crippen molar-refractivity contribution in [2.45, 2.75) is 25.1 Å². The summed E-state index contributed by atoms with van der Waals surface area (Å²) in [5.74, 6) is 1.33. The Bertz CT molecular complexity index is 1420. The molecule has 0 aromatic carbocycles. The van der Waals surface area contributed by atoms with Crippen LogP contribution in [0.5, 0.6) is 11.6 Å². The van der Waals surface area contributed by atoms with Gasteiger partial charge in [0.1, 0.15) is 17.6 Å². The molecule has 2 fully saturated rings. The van der Waals surface area contributed by atoms with E-state index in [1.165, 1.54) is 0 Å². The minimum atomic E-state index is -0.469. The van der Waals surface area contributed by atoms with E-state index >= 15 is 0 Å². The lowest BCUT2D eigenvalue weighted by Gasteiger charge is -2.35. The molecule has 6 heterocycles. The van der Waals surface area contributed by atoms with E-state index in [0.717, 1.165) is 11.9 Å². The van der Waals surface area contributed by atoms with Crippen LogP contribution in [0.15, 0.2) is 41.2 Å². The van der Waals surface area contributed by atoms with Gasteiger partial charge in [-0.1, -0.05) is 0 Å². The molecule has 0 radical (unpaired) electrons. The molecule has 3 aromatic rings. The molecule has 0 unspecified atom stereocenters. The second-order valence-electron chi connectivity index (χ2n) is 8.89. The van der Waals surface area contributed by atoms with Gasteiger partial charge in [-0.3, -0.25) is 24.0 Å². The van der Waals surface area contributed by atoms with E-state index in [9.17, 15) is 14.4 Å². The van der Waals surface area contributed by atoms with Crippen LogP contribution in [0.2, 0.25) is 0 Å². The number of carbonyl (C=O) groups is 2. The third kappa shape index (κ3) is 3.88. The van der Waals surface area contributed by atoms with Gasteiger partial charge in [0.15, 0.2) is 18.2 Å². The molecule has 12 heteroatoms. The van der Waals surface area contributed by atoms with Crippen molar-refractivity contribution in [2.24, 2.45) is 0 Å². The number of hydrogen-bond acceptors (Lipinski definition) is 9. The monoisotopic (exact) mass is 492 g/mol. The maximum absolute atomic E-state index is 12.8. The van der Waals surface area contributed by atoms with Crippen molar-refractivity contribution < 1.29 is 23.8 Å². The van der Waals surface area contributed by atoms with Crippen LogP contribution in [0.3, 0.4) is 0 Å². The van der Waals surface area contributed by atoms with E-state index < -0.39 is 6.09 Å². The summed E-state index contributed by atoms with van der Waals surface area (Å²) in [7, 11) is 1.54. The maximum Gasteiger partial charge on any atom is 0.416 e. The molecule has 2 atom stereocenters. The van der Waals surface area contributed by atoms with E-state index in [4.69, 9.17) is 14.2 Å². The number of nitrogens with one attached hydrogen (secondary N) is 1. The number of aromatic nitrogens is 3. The number of rotatable bonds is 5. The molecular weight excluding hydrogens is 468 g/mol. The van der Waals surface area contributed by atoms with E-state index in [-0.39, 0.29) is 30.2 Å². The number of likely N-dealkylation sites (tertiary alicyclic amines) is 1. The van der Waals surface area contributed by atoms with E-state index in [1.54, 1.807) is 46.9 Å². The number of ether oxygens (including phenoxy) is 3. The van der Waals surface area contributed by atoms with Gasteiger partial charge in [0.2, 0.25) is 5.88 Å². The highest BCUT2D eigenvalue weighted by atomic mass is 16.6. The first-order valence-electron chi connectivity index (χ1n) is 11.7. The highest BCUT2D eigenvalue weighted by molar-refractivity contribution is 5.95. The molecule has 12 nitrogen and oxygen atoms in total. The molecule has 3 aliphatic rings. The average molecular weight is 492 g/mol. The predicted octanol–water partition coefficient (Wildman–Crippen LogP) is 1.23. The smallest absolute Gasteiger partial charge is 0.416 e. The van der Waals surface area contributed by atoms with Gasteiger partial charge < -0.3 is 19.5 Å². The molecule has 0 aliphatic carbocycles. The fourth-order valence-electron chi connectivity index (χ4n) is 4.97. The Kier molecular flexibility index (Phi) is 5.44. The Hall–Kier alpha value is -4.19. The third-order valence-electron chi connectivity index (χ3n) is 6.75. The Labute approximate surface area is 205 Å². The summed E-state index contributed by atoms with van der Waals surface area (Å²) in [4.78, 5) is 49.7. The van der Waals surface area contributed by atoms with Crippen molar-refractivity contribution in [1.82, 2.24) is 19.4 Å². The number of amides is 2. The molecule has 6 rings (SSSR count). The van der Waals surface area contributed by atoms with Crippen LogP contribution >= 0.6 is 0 Å². The van der Waals surface area contributed by atoms with Crippen LogP contribution < -0.4 is 25.2 Å². The first-order chi connectivity index (χ1) is 17.5. The number of nitrogens with zero attached hydrogens (tertiary/aromatic N) is 5. The molecular formula is C24H24N6O6. The summed E-state index contributed by atoms with van der Waals surface area (Å²) in [6.07, 6.45) is -0.129. The topological polar surface area (TPSA) is 128 Å². The molecule has 36 heavy (non-hydrogen) atoms. The lowest BCUT2D eigenvalue weighted by Crippen LogP contribution is -2.50. The first-order valence-corrected chi connectivity index (χ1v) is 11.7. The molecule has 3 aromatic heterocycles. The summed E-state index contributed by atoms with van der Waals surface area (Å²) in [5, 5.41) is 3.53. The largest absolute Gasteiger partial charge is 0.481 e. The van der Waals surface area contributed by atoms with Crippen LogP contribution in [-0.2, 0) is 16.1 Å². The molecule has 0 saturated carbocycles. The molecule has 1 N–H and O–H groups in total. The van der Waals surface area contributed by atoms with E-state index in [0.29, 0.717) is 55.0 Å². The Morgan fingerprint density at radius 2 is 1.94 bits per heavy atom. The quantitative estimate of drug-likeness (QED) is 0.559. The maximum atomic E-state index is 12.8. The van der Waals surface area contributed by atoms with Gasteiger partial charge in [-0.2, -0.15) is 4.98 Å². The molecule has 2 amide bonds. The minimum Gasteiger partial charge on any atom is -0.481 e. The highest BCUT2D eigenvalue weighted by Crippen LogP contribution is 2.34. The van der Waals surface area contributed by atoms with Gasteiger partial charge in [0.25, 0.3) is 11.5 Å². The van der Waals surface area contributed by atoms with Gasteiger partial charge in [0, 0.05) is 43.7 Å². The Balaban J connectivity index is 1.16. The van der Waals surface area contributed by atoms with Crippen LogP contribution in [0.25, 0.3) is 11.0 Å². The van der Waals surface area contributed by atoms with Gasteiger partial charge >= 0.3 is 6.09 Å². The molecule has 3 aliphatic heterocycles. The number of pyridine rings is 3. The van der Waals surface area contributed by atoms with Crippen molar-refractivity contribution in [3.63, 3.8) is 0 Å². The van der Waals surface area contributed by atoms with Gasteiger partial charge in [-0.05, 0) is 30.7 Å². The molecule has 2 saturated heterocycles. The SMILES string of the molecule is COc1ccc2ccc(=O)n(CCN3CC[C@@H]4[C@H](C3)OC(=O)N4c3ccc4c(n3)NC(=O)CO4)c2n1. The van der Waals surface area contributed by atoms with Gasteiger partial charge in [-0.25, -0.2) is 9.78 Å². The third-order valence-corrected chi connectivity index (χ3v) is 6.75. The standard InChI is InChI=1S/C24H24N6O6/c1-34-20-6-2-14-3-7-21(32)29(23(14)27-20)11-10-28-9-8-15-17(12-28)36-24(33)30(15)18-5-4-16-22(25-18)26-19(31)13-35-16/h2-7,15,17H,8-13H2,1H3,(H,25,26,31)/t15-,17+/m1/s1. The molecule has 0 spiro atoms. The lowest BCUT2D eigenvalue weighted by atomic mass is 10.0. The number of fused-ring (bicyclic) bond motifs is 3. The first kappa shape index (κ1) is 22.3. The number of carbonyl (C=O) groups excluding carboxylic acids is 2. The summed E-state index contributed by atoms with van der Waals surface area (Å²) < 4.78 is 17.9. The second-order valence-corrected chi connectivity index (χ2v) is 8.89. The number of methoxy groups -OCH3 is 1. The zero-order chi connectivity index (χ0) is 24.8. The van der Waals surface area contributed by atoms with Crippen LogP contribution in [0.1, 0.15) is 6.42 Å². The van der Waals surface area contributed by atoms with Crippen molar-refractivity contribution in [2.75, 3.05) is 43.6 Å². The van der Waals surface area contributed by atoms with Crippen molar-refractivity contribution in [1.29, 1.82) is 0 Å². The predicted molar refractivity (Wildman–Crippen MR) is 129 cm³/mol. The fourth-order valence-corrected chi connectivity index (χ4v) is 4.97. The number of hydrogen-bond donors (Lipinski definition) is 1. The average Bonchev–Trinajstić information content (AvgIpc) is 3.22. The van der Waals surface area contributed by atoms with Crippen LogP contribution in [0.4, 0.5) is 16.4 Å². The number of piperidine rings is 1. The lowest BCUT2D eigenvalue weighted by molar-refractivity contribution is -0.118.